The van der Waals surface area contributed by atoms with Gasteiger partial charge in [-0.1, -0.05) is 0 Å². The van der Waals surface area contributed by atoms with Crippen LogP contribution in [0.3, 0.4) is 0 Å². The van der Waals surface area contributed by atoms with E-state index in [9.17, 15) is 26.4 Å². The van der Waals surface area contributed by atoms with E-state index in [4.69, 9.17) is 9.47 Å². The second kappa shape index (κ2) is 8.79. The number of amides is 1. The van der Waals surface area contributed by atoms with Crippen LogP contribution >= 0.6 is 0 Å². The van der Waals surface area contributed by atoms with Crippen LogP contribution in [-0.4, -0.2) is 61.9 Å². The van der Waals surface area contributed by atoms with Crippen LogP contribution in [0, 0.1) is 0 Å². The van der Waals surface area contributed by atoms with Gasteiger partial charge in [0.1, 0.15) is 5.60 Å². The van der Waals surface area contributed by atoms with E-state index in [1.807, 2.05) is 0 Å². The summed E-state index contributed by atoms with van der Waals surface area (Å²) in [5.74, 6) is -0.877. The second-order valence-electron chi connectivity index (χ2n) is 7.38. The summed E-state index contributed by atoms with van der Waals surface area (Å²) in [4.78, 5) is 21.6. The van der Waals surface area contributed by atoms with Crippen molar-refractivity contribution in [2.45, 2.75) is 44.8 Å². The number of carbonyl (C=O) groups excluding carboxylic acids is 1. The second-order valence-corrected chi connectivity index (χ2v) is 8.92. The normalized spacial score (nSPS) is 16.7. The maximum absolute atomic E-state index is 12.7. The molecule has 0 spiro atoms. The summed E-state index contributed by atoms with van der Waals surface area (Å²) in [6.45, 7) is 7.81. The van der Waals surface area contributed by atoms with Crippen molar-refractivity contribution in [3.05, 3.63) is 11.8 Å². The zero-order chi connectivity index (χ0) is 22.7. The van der Waals surface area contributed by atoms with E-state index >= 15 is 0 Å². The first-order chi connectivity index (χ1) is 13.7. The number of alkyl carbamates (subject to hydrolysis) is 1. The third-order valence-electron chi connectivity index (χ3n) is 3.66. The molecule has 10 nitrogen and oxygen atoms in total. The molecule has 0 aromatic carbocycles. The molecule has 1 aliphatic rings. The van der Waals surface area contributed by atoms with Gasteiger partial charge in [0.15, 0.2) is 0 Å². The van der Waals surface area contributed by atoms with Crippen LogP contribution in [0.5, 0.6) is 5.88 Å². The van der Waals surface area contributed by atoms with Gasteiger partial charge in [-0.05, 0) is 27.7 Å². The fourth-order valence-corrected chi connectivity index (χ4v) is 2.72. The third-order valence-corrected chi connectivity index (χ3v) is 4.62. The van der Waals surface area contributed by atoms with Gasteiger partial charge in [-0.25, -0.2) is 9.78 Å². The molecule has 0 radical (unpaired) electrons. The van der Waals surface area contributed by atoms with Gasteiger partial charge in [-0.15, -0.1) is 0 Å². The van der Waals surface area contributed by atoms with Gasteiger partial charge in [-0.2, -0.15) is 26.6 Å². The number of morpholine rings is 1. The van der Waals surface area contributed by atoms with Crippen LogP contribution in [0.25, 0.3) is 0 Å². The molecule has 1 aromatic heterocycles. The van der Waals surface area contributed by atoms with Crippen molar-refractivity contribution in [3.8, 4) is 5.88 Å². The lowest BCUT2D eigenvalue weighted by molar-refractivity contribution is -0.0501. The lowest BCUT2D eigenvalue weighted by Crippen LogP contribution is -2.38. The van der Waals surface area contributed by atoms with Crippen LogP contribution in [0.4, 0.5) is 23.9 Å². The Morgan fingerprint density at radius 1 is 1.23 bits per heavy atom. The lowest BCUT2D eigenvalue weighted by Gasteiger charge is -2.28. The van der Waals surface area contributed by atoms with Gasteiger partial charge in [0, 0.05) is 19.2 Å². The Balaban J connectivity index is 2.34. The molecule has 2 heterocycles. The Morgan fingerprint density at radius 3 is 2.37 bits per heavy atom. The highest BCUT2D eigenvalue weighted by molar-refractivity contribution is 7.87. The molecular formula is C16H23F3N4O6S. The zero-order valence-electron chi connectivity index (χ0n) is 16.8. The number of hydrogen-bond acceptors (Lipinski definition) is 9. The summed E-state index contributed by atoms with van der Waals surface area (Å²) in [6, 6.07) is 0.0634. The Labute approximate surface area is 171 Å². The number of aromatic nitrogens is 2. The number of hydrogen-bond donors (Lipinski definition) is 1. The molecule has 1 unspecified atom stereocenters. The largest absolute Gasteiger partial charge is 0.534 e. The molecule has 1 aliphatic heterocycles. The van der Waals surface area contributed by atoms with E-state index in [2.05, 4.69) is 19.5 Å². The summed E-state index contributed by atoms with van der Waals surface area (Å²) in [5, 5.41) is 2.48. The number of halogens is 3. The molecule has 2 rings (SSSR count). The molecular weight excluding hydrogens is 433 g/mol. The maximum Gasteiger partial charge on any atom is 0.534 e. The Kier molecular flexibility index (Phi) is 7.01. The van der Waals surface area contributed by atoms with E-state index in [1.165, 1.54) is 6.92 Å². The predicted octanol–water partition coefficient (Wildman–Crippen LogP) is 2.13. The smallest absolute Gasteiger partial charge is 0.444 e. The molecule has 30 heavy (non-hydrogen) atoms. The SMILES string of the molecule is CC(NC(=O)OC(C)(C)C)c1cc(OS(=O)(=O)C(F)(F)F)nc(N2CCOCC2)n1. The molecule has 0 saturated carbocycles. The van der Waals surface area contributed by atoms with Gasteiger partial charge in [-0.3, -0.25) is 0 Å². The average molecular weight is 456 g/mol. The minimum atomic E-state index is -5.93. The summed E-state index contributed by atoms with van der Waals surface area (Å²) < 4.78 is 75.4. The minimum absolute atomic E-state index is 0.0322. The number of anilines is 1. The van der Waals surface area contributed by atoms with Crippen molar-refractivity contribution in [2.24, 2.45) is 0 Å². The van der Waals surface area contributed by atoms with E-state index in [-0.39, 0.29) is 11.6 Å². The highest BCUT2D eigenvalue weighted by Crippen LogP contribution is 2.28. The number of ether oxygens (including phenoxy) is 2. The summed E-state index contributed by atoms with van der Waals surface area (Å²) in [6.07, 6.45) is -0.785. The number of rotatable bonds is 5. The molecule has 170 valence electrons. The van der Waals surface area contributed by atoms with Crippen molar-refractivity contribution >= 4 is 22.2 Å². The van der Waals surface area contributed by atoms with E-state index in [1.54, 1.807) is 25.7 Å². The van der Waals surface area contributed by atoms with Crippen LogP contribution in [0.2, 0.25) is 0 Å². The number of carbonyl (C=O) groups is 1. The predicted molar refractivity (Wildman–Crippen MR) is 98.5 cm³/mol. The van der Waals surface area contributed by atoms with Crippen molar-refractivity contribution in [3.63, 3.8) is 0 Å². The van der Waals surface area contributed by atoms with Crippen LogP contribution in [0.15, 0.2) is 6.07 Å². The zero-order valence-corrected chi connectivity index (χ0v) is 17.6. The van der Waals surface area contributed by atoms with Gasteiger partial charge in [0.25, 0.3) is 0 Å². The number of alkyl halides is 3. The molecule has 14 heteroatoms. The van der Waals surface area contributed by atoms with E-state index in [0.717, 1.165) is 6.07 Å². The Bertz CT molecular complexity index is 867. The minimum Gasteiger partial charge on any atom is -0.444 e. The lowest BCUT2D eigenvalue weighted by atomic mass is 10.2. The quantitative estimate of drug-likeness (QED) is 0.525. The molecule has 1 saturated heterocycles. The molecule has 0 bridgehead atoms. The maximum atomic E-state index is 12.7. The molecule has 1 amide bonds. The molecule has 1 N–H and O–H groups in total. The van der Waals surface area contributed by atoms with Crippen molar-refractivity contribution in [1.29, 1.82) is 0 Å². The van der Waals surface area contributed by atoms with Crippen molar-refractivity contribution in [1.82, 2.24) is 15.3 Å². The highest BCUT2D eigenvalue weighted by Gasteiger charge is 2.49. The number of nitrogens with one attached hydrogen (secondary N) is 1. The summed E-state index contributed by atoms with van der Waals surface area (Å²) >= 11 is 0. The molecule has 1 atom stereocenters. The summed E-state index contributed by atoms with van der Waals surface area (Å²) in [7, 11) is -5.93. The first-order valence-corrected chi connectivity index (χ1v) is 10.3. The Hall–Kier alpha value is -2.35. The molecule has 1 aromatic rings. The first-order valence-electron chi connectivity index (χ1n) is 8.90. The van der Waals surface area contributed by atoms with Gasteiger partial charge in [0.05, 0.1) is 24.9 Å². The number of nitrogens with zero attached hydrogens (tertiary/aromatic N) is 3. The average Bonchev–Trinajstić information content (AvgIpc) is 2.59. The van der Waals surface area contributed by atoms with Gasteiger partial charge >= 0.3 is 21.7 Å². The van der Waals surface area contributed by atoms with Crippen LogP contribution < -0.4 is 14.4 Å². The highest BCUT2D eigenvalue weighted by atomic mass is 32.2. The fourth-order valence-electron chi connectivity index (χ4n) is 2.32. The Morgan fingerprint density at radius 2 is 1.83 bits per heavy atom. The topological polar surface area (TPSA) is 120 Å². The molecule has 0 aliphatic carbocycles. The van der Waals surface area contributed by atoms with E-state index < -0.39 is 39.2 Å². The van der Waals surface area contributed by atoms with Crippen LogP contribution in [0.1, 0.15) is 39.4 Å². The summed E-state index contributed by atoms with van der Waals surface area (Å²) in [5.41, 5.74) is -6.37. The monoisotopic (exact) mass is 456 g/mol. The van der Waals surface area contributed by atoms with Crippen molar-refractivity contribution in [2.75, 3.05) is 31.2 Å². The van der Waals surface area contributed by atoms with Crippen molar-refractivity contribution < 1.29 is 40.0 Å². The van der Waals surface area contributed by atoms with Gasteiger partial charge in [0.2, 0.25) is 11.8 Å². The fraction of sp³-hybridized carbons (Fsp3) is 0.688. The van der Waals surface area contributed by atoms with Crippen LogP contribution in [-0.2, 0) is 19.6 Å². The molecule has 1 fully saturated rings. The third kappa shape index (κ3) is 6.58. The van der Waals surface area contributed by atoms with E-state index in [0.29, 0.717) is 26.3 Å². The standard InChI is InChI=1S/C16H23F3N4O6S/c1-10(20-14(24)28-15(2,3)4)11-9-12(29-30(25,26)16(17,18)19)22-13(21-11)23-5-7-27-8-6-23/h9-10H,5-8H2,1-4H3,(H,20,24). The first kappa shape index (κ1) is 23.9. The van der Waals surface area contributed by atoms with Gasteiger partial charge < -0.3 is 23.9 Å².